The third-order valence-corrected chi connectivity index (χ3v) is 3.92. The minimum absolute atomic E-state index is 0.167. The summed E-state index contributed by atoms with van der Waals surface area (Å²) in [7, 11) is 0. The van der Waals surface area contributed by atoms with E-state index in [1.54, 1.807) is 6.92 Å². The second kappa shape index (κ2) is 7.15. The van der Waals surface area contributed by atoms with Crippen LogP contribution in [0.2, 0.25) is 5.02 Å². The highest BCUT2D eigenvalue weighted by molar-refractivity contribution is 9.10. The first kappa shape index (κ1) is 13.8. The minimum Gasteiger partial charge on any atom is -0.288 e. The molecule has 0 radical (unpaired) electrons. The fourth-order valence-electron chi connectivity index (χ4n) is 1.11. The van der Waals surface area contributed by atoms with E-state index in [0.29, 0.717) is 5.02 Å². The van der Waals surface area contributed by atoms with Crippen molar-refractivity contribution in [2.75, 3.05) is 5.75 Å². The number of hydrogen-bond donors (Lipinski definition) is 0. The van der Waals surface area contributed by atoms with Crippen LogP contribution in [0.3, 0.4) is 0 Å². The van der Waals surface area contributed by atoms with Gasteiger partial charge in [-0.05, 0) is 40.0 Å². The maximum absolute atomic E-state index is 10.7. The lowest BCUT2D eigenvalue weighted by atomic mass is 10.2. The first-order valence-electron chi connectivity index (χ1n) is 4.84. The van der Waals surface area contributed by atoms with Crippen LogP contribution < -0.4 is 0 Å². The molecule has 0 aliphatic carbocycles. The maximum atomic E-state index is 10.7. The Morgan fingerprint density at radius 2 is 2.31 bits per heavy atom. The Bertz CT molecular complexity index is 404. The van der Waals surface area contributed by atoms with Gasteiger partial charge in [-0.2, -0.15) is 0 Å². The fraction of sp³-hybridized carbons (Fsp3) is 0.250. The predicted molar refractivity (Wildman–Crippen MR) is 75.9 cm³/mol. The minimum atomic E-state index is 0.167. The summed E-state index contributed by atoms with van der Waals surface area (Å²) in [6, 6.07) is 5.82. The van der Waals surface area contributed by atoms with Crippen LogP contribution in [0.5, 0.6) is 0 Å². The van der Waals surface area contributed by atoms with E-state index in [4.69, 9.17) is 11.6 Å². The number of benzene rings is 1. The molecule has 1 aromatic rings. The summed E-state index contributed by atoms with van der Waals surface area (Å²) < 4.78 is 0.901. The Hall–Kier alpha value is -0.250. The summed E-state index contributed by atoms with van der Waals surface area (Å²) in [5.74, 6) is 0.829. The first-order chi connectivity index (χ1) is 7.59. The zero-order chi connectivity index (χ0) is 12.0. The molecule has 0 N–H and O–H groups in total. The highest BCUT2D eigenvalue weighted by Crippen LogP contribution is 2.23. The van der Waals surface area contributed by atoms with Crippen LogP contribution in [0.1, 0.15) is 18.9 Å². The van der Waals surface area contributed by atoms with E-state index < -0.39 is 0 Å². The Morgan fingerprint density at radius 3 is 2.94 bits per heavy atom. The molecule has 0 aliphatic rings. The molecule has 0 atom stereocenters. The van der Waals surface area contributed by atoms with Crippen molar-refractivity contribution >= 4 is 50.5 Å². The second-order valence-corrected chi connectivity index (χ2v) is 5.74. The Morgan fingerprint density at radius 1 is 1.56 bits per heavy atom. The second-order valence-electron chi connectivity index (χ2n) is 3.20. The molecule has 0 aromatic heterocycles. The maximum Gasteiger partial charge on any atom is 0.185 e. The van der Waals surface area contributed by atoms with Crippen LogP contribution in [0, 0.1) is 0 Å². The van der Waals surface area contributed by atoms with Crippen molar-refractivity contribution in [3.8, 4) is 0 Å². The Kier molecular flexibility index (Phi) is 6.17. The number of carbonyl (C=O) groups is 1. The van der Waals surface area contributed by atoms with Crippen LogP contribution in [0.25, 0.3) is 6.08 Å². The van der Waals surface area contributed by atoms with Crippen LogP contribution in [0.15, 0.2) is 28.7 Å². The van der Waals surface area contributed by atoms with Crippen LogP contribution in [-0.2, 0) is 4.79 Å². The Balaban J connectivity index is 2.44. The van der Waals surface area contributed by atoms with Gasteiger partial charge >= 0.3 is 0 Å². The zero-order valence-electron chi connectivity index (χ0n) is 8.87. The molecule has 0 fully saturated rings. The lowest BCUT2D eigenvalue weighted by molar-refractivity contribution is -0.109. The van der Waals surface area contributed by atoms with Crippen LogP contribution in [-0.4, -0.2) is 10.9 Å². The smallest absolute Gasteiger partial charge is 0.185 e. The molecule has 1 rings (SSSR count). The van der Waals surface area contributed by atoms with Crippen molar-refractivity contribution in [2.45, 2.75) is 13.3 Å². The van der Waals surface area contributed by atoms with Gasteiger partial charge in [0.25, 0.3) is 0 Å². The van der Waals surface area contributed by atoms with Crippen molar-refractivity contribution in [3.05, 3.63) is 39.3 Å². The van der Waals surface area contributed by atoms with E-state index in [0.717, 1.165) is 22.2 Å². The molecule has 1 nitrogen and oxygen atoms in total. The number of thioether (sulfide) groups is 1. The molecule has 4 heteroatoms. The monoisotopic (exact) mass is 318 g/mol. The van der Waals surface area contributed by atoms with E-state index >= 15 is 0 Å². The topological polar surface area (TPSA) is 17.1 Å². The molecule has 86 valence electrons. The molecule has 0 aliphatic heterocycles. The summed E-state index contributed by atoms with van der Waals surface area (Å²) in [6.45, 7) is 1.59. The average Bonchev–Trinajstić information content (AvgIpc) is 2.22. The highest BCUT2D eigenvalue weighted by atomic mass is 79.9. The van der Waals surface area contributed by atoms with E-state index in [9.17, 15) is 4.79 Å². The molecule has 0 saturated heterocycles. The van der Waals surface area contributed by atoms with Gasteiger partial charge in [-0.1, -0.05) is 41.6 Å². The lowest BCUT2D eigenvalue weighted by Gasteiger charge is -1.97. The first-order valence-corrected chi connectivity index (χ1v) is 7.00. The van der Waals surface area contributed by atoms with Gasteiger partial charge in [0.2, 0.25) is 0 Å². The normalized spacial score (nSPS) is 10.9. The standard InChI is InChI=1S/C12H12BrClOS/c1-9(15)16-7-3-2-4-10-5-6-11(13)12(14)8-10/h2,4-6,8H,3,7H2,1H3. The molecule has 16 heavy (non-hydrogen) atoms. The fourth-order valence-corrected chi connectivity index (χ4v) is 2.08. The van der Waals surface area contributed by atoms with Crippen molar-refractivity contribution < 1.29 is 4.79 Å². The quantitative estimate of drug-likeness (QED) is 0.743. The number of hydrogen-bond acceptors (Lipinski definition) is 2. The molecule has 0 amide bonds. The molecule has 0 spiro atoms. The highest BCUT2D eigenvalue weighted by Gasteiger charge is 1.96. The van der Waals surface area contributed by atoms with Gasteiger partial charge in [0.1, 0.15) is 0 Å². The van der Waals surface area contributed by atoms with Gasteiger partial charge in [0.05, 0.1) is 5.02 Å². The van der Waals surface area contributed by atoms with Gasteiger partial charge in [-0.15, -0.1) is 0 Å². The largest absolute Gasteiger partial charge is 0.288 e. The van der Waals surface area contributed by atoms with E-state index in [1.165, 1.54) is 11.8 Å². The molecule has 1 aromatic carbocycles. The summed E-state index contributed by atoms with van der Waals surface area (Å²) in [5, 5.41) is 0.875. The van der Waals surface area contributed by atoms with Gasteiger partial charge < -0.3 is 0 Å². The zero-order valence-corrected chi connectivity index (χ0v) is 12.0. The van der Waals surface area contributed by atoms with Crippen molar-refractivity contribution in [1.82, 2.24) is 0 Å². The third kappa shape index (κ3) is 5.19. The van der Waals surface area contributed by atoms with Crippen molar-refractivity contribution in [2.24, 2.45) is 0 Å². The molecular formula is C12H12BrClOS. The number of carbonyl (C=O) groups excluding carboxylic acids is 1. The number of allylic oxidation sites excluding steroid dienone is 1. The lowest BCUT2D eigenvalue weighted by Crippen LogP contribution is -1.83. The predicted octanol–water partition coefficient (Wildman–Crippen LogP) is 4.79. The average molecular weight is 320 g/mol. The van der Waals surface area contributed by atoms with Gasteiger partial charge in [0, 0.05) is 17.1 Å². The van der Waals surface area contributed by atoms with Crippen LogP contribution in [0.4, 0.5) is 0 Å². The number of halogens is 2. The van der Waals surface area contributed by atoms with Crippen LogP contribution >= 0.6 is 39.3 Å². The summed E-state index contributed by atoms with van der Waals surface area (Å²) in [5.41, 5.74) is 1.07. The third-order valence-electron chi connectivity index (χ3n) is 1.84. The summed E-state index contributed by atoms with van der Waals surface area (Å²) in [6.07, 6.45) is 4.95. The summed E-state index contributed by atoms with van der Waals surface area (Å²) in [4.78, 5) is 10.7. The van der Waals surface area contributed by atoms with Gasteiger partial charge in [-0.25, -0.2) is 0 Å². The van der Waals surface area contributed by atoms with Crippen molar-refractivity contribution in [3.63, 3.8) is 0 Å². The van der Waals surface area contributed by atoms with E-state index in [2.05, 4.69) is 22.0 Å². The van der Waals surface area contributed by atoms with Gasteiger partial charge in [0.15, 0.2) is 5.12 Å². The number of rotatable bonds is 4. The molecular weight excluding hydrogens is 308 g/mol. The molecule has 0 bridgehead atoms. The Labute approximate surface area is 113 Å². The van der Waals surface area contributed by atoms with Gasteiger partial charge in [-0.3, -0.25) is 4.79 Å². The van der Waals surface area contributed by atoms with Crippen molar-refractivity contribution in [1.29, 1.82) is 0 Å². The molecule has 0 heterocycles. The van der Waals surface area contributed by atoms with E-state index in [1.807, 2.05) is 24.3 Å². The SMILES string of the molecule is CC(=O)SCCC=Cc1ccc(Br)c(Cl)c1. The van der Waals surface area contributed by atoms with E-state index in [-0.39, 0.29) is 5.12 Å². The molecule has 0 unspecified atom stereocenters. The molecule has 0 saturated carbocycles. The summed E-state index contributed by atoms with van der Waals surface area (Å²) >= 11 is 10.7.